The van der Waals surface area contributed by atoms with Crippen molar-refractivity contribution in [2.45, 2.75) is 104 Å². The summed E-state index contributed by atoms with van der Waals surface area (Å²) < 4.78 is 10.6. The zero-order valence-corrected chi connectivity index (χ0v) is 25.3. The van der Waals surface area contributed by atoms with Crippen LogP contribution in [0.1, 0.15) is 90.9 Å². The molecular formula is C28H42N6O8. The molecular weight excluding hydrogens is 548 g/mol. The predicted octanol–water partition coefficient (Wildman–Crippen LogP) is 4.72. The highest BCUT2D eigenvalue weighted by Gasteiger charge is 2.32. The van der Waals surface area contributed by atoms with Gasteiger partial charge in [-0.1, -0.05) is 17.2 Å². The molecule has 0 saturated heterocycles. The number of urea groups is 1. The molecule has 0 bridgehead atoms. The second kappa shape index (κ2) is 16.3. The van der Waals surface area contributed by atoms with E-state index in [2.05, 4.69) is 20.7 Å². The van der Waals surface area contributed by atoms with E-state index >= 15 is 0 Å². The molecule has 0 radical (unpaired) electrons. The van der Waals surface area contributed by atoms with Crippen molar-refractivity contribution in [3.8, 4) is 0 Å². The Hall–Kier alpha value is -4.16. The van der Waals surface area contributed by atoms with E-state index in [-0.39, 0.29) is 36.8 Å². The largest absolute Gasteiger partial charge is 0.460 e. The molecule has 14 nitrogen and oxygen atoms in total. The second-order valence-corrected chi connectivity index (χ2v) is 11.6. The number of azide groups is 1. The summed E-state index contributed by atoms with van der Waals surface area (Å²) in [5.74, 6) is -2.21. The first-order valence-electron chi connectivity index (χ1n) is 13.6. The van der Waals surface area contributed by atoms with E-state index in [1.807, 2.05) is 0 Å². The van der Waals surface area contributed by atoms with Gasteiger partial charge in [0.25, 0.3) is 5.91 Å². The number of ether oxygens (including phenoxy) is 2. The third-order valence-electron chi connectivity index (χ3n) is 5.50. The molecule has 0 unspecified atom stereocenters. The molecule has 1 aromatic rings. The van der Waals surface area contributed by atoms with Crippen LogP contribution in [-0.2, 0) is 23.9 Å². The van der Waals surface area contributed by atoms with Crippen molar-refractivity contribution < 1.29 is 38.7 Å². The first kappa shape index (κ1) is 35.9. The fourth-order valence-corrected chi connectivity index (χ4v) is 3.63. The van der Waals surface area contributed by atoms with Gasteiger partial charge in [-0.2, -0.15) is 5.06 Å². The Morgan fingerprint density at radius 1 is 0.976 bits per heavy atom. The zero-order valence-electron chi connectivity index (χ0n) is 25.3. The van der Waals surface area contributed by atoms with E-state index in [0.717, 1.165) is 0 Å². The molecule has 3 amide bonds. The monoisotopic (exact) mass is 590 g/mol. The van der Waals surface area contributed by atoms with Crippen molar-refractivity contribution >= 4 is 35.3 Å². The molecule has 0 aliphatic heterocycles. The number of esters is 2. The second-order valence-electron chi connectivity index (χ2n) is 11.6. The van der Waals surface area contributed by atoms with Gasteiger partial charge in [-0.3, -0.25) is 19.6 Å². The number of unbranched alkanes of at least 4 members (excludes halogenated alkanes) is 1. The lowest BCUT2D eigenvalue weighted by Gasteiger charge is -2.28. The summed E-state index contributed by atoms with van der Waals surface area (Å²) in [6.45, 7) is 11.5. The van der Waals surface area contributed by atoms with E-state index in [1.54, 1.807) is 41.5 Å². The van der Waals surface area contributed by atoms with E-state index in [0.29, 0.717) is 24.1 Å². The number of hydrogen-bond acceptors (Lipinski definition) is 9. The van der Waals surface area contributed by atoms with Gasteiger partial charge in [0.15, 0.2) is 5.78 Å². The number of nitrogens with zero attached hydrogens (tertiary/aromatic N) is 4. The fraction of sp³-hybridized carbons (Fsp3) is 0.607. The summed E-state index contributed by atoms with van der Waals surface area (Å²) in [6, 6.07) is 2.46. The quantitative estimate of drug-likeness (QED) is 0.0525. The number of amides is 3. The summed E-state index contributed by atoms with van der Waals surface area (Å²) in [4.78, 5) is 65.0. The molecule has 2 atom stereocenters. The lowest BCUT2D eigenvalue weighted by atomic mass is 10.1. The van der Waals surface area contributed by atoms with Gasteiger partial charge >= 0.3 is 18.0 Å². The normalized spacial score (nSPS) is 12.7. The van der Waals surface area contributed by atoms with Crippen molar-refractivity contribution in [2.75, 3.05) is 6.54 Å². The van der Waals surface area contributed by atoms with Crippen molar-refractivity contribution in [2.24, 2.45) is 5.11 Å². The van der Waals surface area contributed by atoms with Crippen LogP contribution in [0.3, 0.4) is 0 Å². The van der Waals surface area contributed by atoms with Crippen LogP contribution in [0.15, 0.2) is 29.4 Å². The number of rotatable bonds is 14. The van der Waals surface area contributed by atoms with Crippen LogP contribution >= 0.6 is 0 Å². The van der Waals surface area contributed by atoms with Gasteiger partial charge in [-0.05, 0) is 91.8 Å². The zero-order chi connectivity index (χ0) is 32.1. The summed E-state index contributed by atoms with van der Waals surface area (Å²) in [6.07, 6.45) is 0.552. The Morgan fingerprint density at radius 2 is 1.57 bits per heavy atom. The average molecular weight is 591 g/mol. The molecule has 42 heavy (non-hydrogen) atoms. The molecule has 1 aromatic carbocycles. The van der Waals surface area contributed by atoms with Crippen LogP contribution in [-0.4, -0.2) is 69.8 Å². The van der Waals surface area contributed by atoms with Gasteiger partial charge in [0, 0.05) is 29.1 Å². The van der Waals surface area contributed by atoms with E-state index in [4.69, 9.17) is 15.0 Å². The van der Waals surface area contributed by atoms with Crippen LogP contribution in [0, 0.1) is 0 Å². The first-order chi connectivity index (χ1) is 19.4. The van der Waals surface area contributed by atoms with Crippen LogP contribution in [0.4, 0.5) is 10.5 Å². The molecule has 0 heterocycles. The van der Waals surface area contributed by atoms with Crippen LogP contribution in [0.25, 0.3) is 10.4 Å². The maximum Gasteiger partial charge on any atom is 0.342 e. The lowest BCUT2D eigenvalue weighted by molar-refractivity contribution is -0.159. The van der Waals surface area contributed by atoms with Crippen LogP contribution in [0.2, 0.25) is 0 Å². The molecule has 232 valence electrons. The van der Waals surface area contributed by atoms with Gasteiger partial charge in [-0.15, -0.1) is 0 Å². The van der Waals surface area contributed by atoms with Gasteiger partial charge < -0.3 is 20.1 Å². The smallest absolute Gasteiger partial charge is 0.342 e. The minimum Gasteiger partial charge on any atom is -0.460 e. The number of hydrogen-bond donors (Lipinski definition) is 3. The van der Waals surface area contributed by atoms with Gasteiger partial charge in [0.2, 0.25) is 0 Å². The summed E-state index contributed by atoms with van der Waals surface area (Å²) in [7, 11) is 0. The number of hydroxylamine groups is 2. The van der Waals surface area contributed by atoms with Gasteiger partial charge in [0.05, 0.1) is 0 Å². The van der Waals surface area contributed by atoms with E-state index in [1.165, 1.54) is 31.2 Å². The average Bonchev–Trinajstić information content (AvgIpc) is 2.86. The van der Waals surface area contributed by atoms with Gasteiger partial charge in [0.1, 0.15) is 23.3 Å². The highest BCUT2D eigenvalue weighted by atomic mass is 16.6. The van der Waals surface area contributed by atoms with E-state index < -0.39 is 47.0 Å². The molecule has 0 spiro atoms. The Kier molecular flexibility index (Phi) is 13.9. The summed E-state index contributed by atoms with van der Waals surface area (Å²) in [5.41, 5.74) is 7.59. The molecule has 0 aromatic heterocycles. The Labute approximate surface area is 245 Å². The minimum atomic E-state index is -1.29. The first-order valence-corrected chi connectivity index (χ1v) is 13.6. The molecule has 14 heteroatoms. The number of Topliss-reactive ketones (excluding diaryl/α,β-unsaturated/α-hetero) is 1. The Morgan fingerprint density at radius 3 is 2.10 bits per heavy atom. The van der Waals surface area contributed by atoms with Crippen molar-refractivity contribution in [3.05, 3.63) is 40.3 Å². The number of carbonyl (C=O) groups is 5. The number of benzene rings is 1. The fourth-order valence-electron chi connectivity index (χ4n) is 3.63. The van der Waals surface area contributed by atoms with Crippen molar-refractivity contribution in [1.82, 2.24) is 15.7 Å². The number of nitrogens with one attached hydrogen (secondary N) is 2. The maximum absolute atomic E-state index is 12.8. The summed E-state index contributed by atoms with van der Waals surface area (Å²) >= 11 is 0. The SMILES string of the molecule is CC(=O)[C@H](CCCCNC(=O)c1ccc(N=[N+]=[N-])cc1)N(O)C(=O)N[C@@H](CCC(=O)OC(C)(C)C)C(=O)OC(C)(C)C. The van der Waals surface area contributed by atoms with Crippen molar-refractivity contribution in [1.29, 1.82) is 0 Å². The predicted molar refractivity (Wildman–Crippen MR) is 153 cm³/mol. The highest BCUT2D eigenvalue weighted by Crippen LogP contribution is 2.16. The van der Waals surface area contributed by atoms with Crippen LogP contribution in [0.5, 0.6) is 0 Å². The minimum absolute atomic E-state index is 0.0883. The van der Waals surface area contributed by atoms with Gasteiger partial charge in [-0.25, -0.2) is 9.59 Å². The Balaban J connectivity index is 2.73. The van der Waals surface area contributed by atoms with E-state index in [9.17, 15) is 29.2 Å². The Bertz CT molecular complexity index is 1150. The third kappa shape index (κ3) is 14.0. The summed E-state index contributed by atoms with van der Waals surface area (Å²) in [5, 5.41) is 19.3. The number of carbonyl (C=O) groups excluding carboxylic acids is 5. The third-order valence-corrected chi connectivity index (χ3v) is 5.50. The molecule has 0 fully saturated rings. The molecule has 0 aliphatic rings. The molecule has 3 N–H and O–H groups in total. The maximum atomic E-state index is 12.8. The topological polar surface area (TPSA) is 200 Å². The molecule has 0 aliphatic carbocycles. The highest BCUT2D eigenvalue weighted by molar-refractivity contribution is 5.94. The standard InChI is InChI=1S/C28H42N6O8/c1-18(35)22(10-8-9-17-30-24(37)19-11-13-20(14-12-19)32-33-29)34(40)26(39)31-21(25(38)42-28(5,6)7)15-16-23(36)41-27(2,3)4/h11-14,21-22,40H,8-10,15-17H2,1-7H3,(H,30,37)(H,31,39)/t21-,22-/m0/s1. The lowest BCUT2D eigenvalue weighted by Crippen LogP contribution is -2.52. The molecule has 1 rings (SSSR count). The van der Waals surface area contributed by atoms with Crippen molar-refractivity contribution in [3.63, 3.8) is 0 Å². The number of ketones is 1. The molecule has 0 saturated carbocycles. The van der Waals surface area contributed by atoms with Crippen LogP contribution < -0.4 is 10.6 Å².